The highest BCUT2D eigenvalue weighted by molar-refractivity contribution is 5.87. The number of aromatic nitrogens is 2. The largest absolute Gasteiger partial charge is 0.463 e. The van der Waals surface area contributed by atoms with Gasteiger partial charge in [-0.2, -0.15) is 0 Å². The molecular formula is C12H14N2O4. The molecule has 0 N–H and O–H groups in total. The molecule has 0 saturated heterocycles. The van der Waals surface area contributed by atoms with E-state index in [1.54, 1.807) is 6.92 Å². The number of nitrogens with zero attached hydrogens (tertiary/aromatic N) is 2. The zero-order chi connectivity index (χ0) is 13.1. The van der Waals surface area contributed by atoms with Gasteiger partial charge in [-0.25, -0.2) is 14.8 Å². The minimum absolute atomic E-state index is 0.130. The van der Waals surface area contributed by atoms with Crippen LogP contribution in [-0.4, -0.2) is 23.0 Å². The van der Waals surface area contributed by atoms with Gasteiger partial charge in [-0.15, -0.1) is 0 Å². The maximum Gasteiger partial charge on any atom is 0.376 e. The SMILES string of the molecule is CCCc1nc(-c2ocnc2C)oc1C(=O)OC. The zero-order valence-electron chi connectivity index (χ0n) is 10.5. The van der Waals surface area contributed by atoms with E-state index in [-0.39, 0.29) is 11.7 Å². The molecule has 0 fully saturated rings. The number of rotatable bonds is 4. The fraction of sp³-hybridized carbons (Fsp3) is 0.417. The molecule has 2 aromatic heterocycles. The molecule has 0 amide bonds. The van der Waals surface area contributed by atoms with Crippen molar-refractivity contribution in [2.75, 3.05) is 7.11 Å². The third-order valence-corrected chi connectivity index (χ3v) is 2.49. The summed E-state index contributed by atoms with van der Waals surface area (Å²) in [4.78, 5) is 19.8. The summed E-state index contributed by atoms with van der Waals surface area (Å²) < 4.78 is 15.3. The van der Waals surface area contributed by atoms with Crippen LogP contribution in [0.2, 0.25) is 0 Å². The van der Waals surface area contributed by atoms with Crippen molar-refractivity contribution in [3.63, 3.8) is 0 Å². The second kappa shape index (κ2) is 5.03. The standard InChI is InChI=1S/C12H14N2O4/c1-4-5-8-10(12(15)16-3)18-11(14-8)9-7(2)13-6-17-9/h6H,4-5H2,1-3H3. The van der Waals surface area contributed by atoms with Crippen molar-refractivity contribution >= 4 is 5.97 Å². The summed E-state index contributed by atoms with van der Waals surface area (Å²) in [6.45, 7) is 3.77. The molecule has 0 bridgehead atoms. The van der Waals surface area contributed by atoms with Crippen LogP contribution >= 0.6 is 0 Å². The van der Waals surface area contributed by atoms with Gasteiger partial charge < -0.3 is 13.6 Å². The van der Waals surface area contributed by atoms with E-state index < -0.39 is 5.97 Å². The van der Waals surface area contributed by atoms with Crippen LogP contribution in [-0.2, 0) is 11.2 Å². The van der Waals surface area contributed by atoms with Crippen molar-refractivity contribution in [1.82, 2.24) is 9.97 Å². The van der Waals surface area contributed by atoms with Gasteiger partial charge in [0, 0.05) is 0 Å². The number of oxazole rings is 2. The molecule has 0 aliphatic carbocycles. The fourth-order valence-corrected chi connectivity index (χ4v) is 1.61. The van der Waals surface area contributed by atoms with E-state index in [1.165, 1.54) is 13.5 Å². The molecule has 0 aromatic carbocycles. The van der Waals surface area contributed by atoms with Crippen LogP contribution in [0.1, 0.15) is 35.3 Å². The Hall–Kier alpha value is -2.11. The van der Waals surface area contributed by atoms with Crippen molar-refractivity contribution in [3.8, 4) is 11.7 Å². The molecule has 96 valence electrons. The van der Waals surface area contributed by atoms with Crippen LogP contribution in [0.25, 0.3) is 11.7 Å². The molecule has 0 aliphatic heterocycles. The monoisotopic (exact) mass is 250 g/mol. The molecule has 0 spiro atoms. The Morgan fingerprint density at radius 3 is 2.83 bits per heavy atom. The maximum atomic E-state index is 11.6. The number of esters is 1. The Morgan fingerprint density at radius 1 is 1.50 bits per heavy atom. The summed E-state index contributed by atoms with van der Waals surface area (Å²) in [5.41, 5.74) is 1.24. The van der Waals surface area contributed by atoms with Gasteiger partial charge in [-0.3, -0.25) is 0 Å². The van der Waals surface area contributed by atoms with E-state index in [4.69, 9.17) is 8.83 Å². The first-order chi connectivity index (χ1) is 8.67. The predicted octanol–water partition coefficient (Wildman–Crippen LogP) is 2.38. The van der Waals surface area contributed by atoms with Crippen molar-refractivity contribution in [3.05, 3.63) is 23.5 Å². The summed E-state index contributed by atoms with van der Waals surface area (Å²) in [7, 11) is 1.31. The Bertz CT molecular complexity index is 556. The van der Waals surface area contributed by atoms with E-state index in [2.05, 4.69) is 14.7 Å². The van der Waals surface area contributed by atoms with Crippen LogP contribution in [0, 0.1) is 6.92 Å². The first-order valence-electron chi connectivity index (χ1n) is 5.65. The van der Waals surface area contributed by atoms with E-state index in [0.29, 0.717) is 23.6 Å². The number of hydrogen-bond acceptors (Lipinski definition) is 6. The molecule has 2 aromatic rings. The molecule has 2 rings (SSSR count). The Balaban J connectivity index is 2.45. The summed E-state index contributed by atoms with van der Waals surface area (Å²) >= 11 is 0. The van der Waals surface area contributed by atoms with Crippen LogP contribution < -0.4 is 0 Å². The molecule has 18 heavy (non-hydrogen) atoms. The van der Waals surface area contributed by atoms with Gasteiger partial charge in [0.2, 0.25) is 11.5 Å². The van der Waals surface area contributed by atoms with Gasteiger partial charge in [-0.05, 0) is 13.3 Å². The predicted molar refractivity (Wildman–Crippen MR) is 62.1 cm³/mol. The lowest BCUT2D eigenvalue weighted by Gasteiger charge is -1.96. The molecule has 0 unspecified atom stereocenters. The highest BCUT2D eigenvalue weighted by atomic mass is 16.5. The number of carbonyl (C=O) groups excluding carboxylic acids is 1. The van der Waals surface area contributed by atoms with E-state index >= 15 is 0 Å². The molecule has 0 saturated carbocycles. The van der Waals surface area contributed by atoms with Gasteiger partial charge in [0.25, 0.3) is 5.89 Å². The summed E-state index contributed by atoms with van der Waals surface area (Å²) in [6.07, 6.45) is 2.80. The lowest BCUT2D eigenvalue weighted by molar-refractivity contribution is 0.0564. The van der Waals surface area contributed by atoms with Gasteiger partial charge in [0.15, 0.2) is 6.39 Å². The van der Waals surface area contributed by atoms with Crippen LogP contribution in [0.5, 0.6) is 0 Å². The van der Waals surface area contributed by atoms with Gasteiger partial charge >= 0.3 is 5.97 Å². The van der Waals surface area contributed by atoms with Crippen LogP contribution in [0.15, 0.2) is 15.2 Å². The third kappa shape index (κ3) is 2.13. The van der Waals surface area contributed by atoms with Crippen molar-refractivity contribution < 1.29 is 18.4 Å². The molecular weight excluding hydrogens is 236 g/mol. The molecule has 0 atom stereocenters. The highest BCUT2D eigenvalue weighted by Gasteiger charge is 2.23. The Labute approximate surface area is 104 Å². The second-order valence-corrected chi connectivity index (χ2v) is 3.80. The average molecular weight is 250 g/mol. The van der Waals surface area contributed by atoms with Gasteiger partial charge in [-0.1, -0.05) is 13.3 Å². The molecule has 0 radical (unpaired) electrons. The summed E-state index contributed by atoms with van der Waals surface area (Å²) in [6, 6.07) is 0. The van der Waals surface area contributed by atoms with E-state index in [1.807, 2.05) is 6.92 Å². The topological polar surface area (TPSA) is 78.4 Å². The first-order valence-corrected chi connectivity index (χ1v) is 5.65. The number of hydrogen-bond donors (Lipinski definition) is 0. The number of aryl methyl sites for hydroxylation is 2. The molecule has 6 heteroatoms. The van der Waals surface area contributed by atoms with E-state index in [0.717, 1.165) is 6.42 Å². The number of carbonyl (C=O) groups is 1. The summed E-state index contributed by atoms with van der Waals surface area (Å²) in [5.74, 6) is 0.288. The van der Waals surface area contributed by atoms with Crippen molar-refractivity contribution in [1.29, 1.82) is 0 Å². The molecule has 0 aliphatic rings. The third-order valence-electron chi connectivity index (χ3n) is 2.49. The van der Waals surface area contributed by atoms with Crippen molar-refractivity contribution in [2.45, 2.75) is 26.7 Å². The fourth-order valence-electron chi connectivity index (χ4n) is 1.61. The smallest absolute Gasteiger partial charge is 0.376 e. The van der Waals surface area contributed by atoms with Crippen LogP contribution in [0.4, 0.5) is 0 Å². The number of methoxy groups -OCH3 is 1. The number of ether oxygens (including phenoxy) is 1. The van der Waals surface area contributed by atoms with Gasteiger partial charge in [0.05, 0.1) is 18.5 Å². The summed E-state index contributed by atoms with van der Waals surface area (Å²) in [5, 5.41) is 0. The second-order valence-electron chi connectivity index (χ2n) is 3.80. The highest BCUT2D eigenvalue weighted by Crippen LogP contribution is 2.25. The minimum Gasteiger partial charge on any atom is -0.463 e. The lowest BCUT2D eigenvalue weighted by Crippen LogP contribution is -2.03. The van der Waals surface area contributed by atoms with Gasteiger partial charge in [0.1, 0.15) is 0 Å². The van der Waals surface area contributed by atoms with Crippen LogP contribution in [0.3, 0.4) is 0 Å². The van der Waals surface area contributed by atoms with Crippen molar-refractivity contribution in [2.24, 2.45) is 0 Å². The Morgan fingerprint density at radius 2 is 2.28 bits per heavy atom. The normalized spacial score (nSPS) is 10.6. The lowest BCUT2D eigenvalue weighted by atomic mass is 10.2. The quantitative estimate of drug-likeness (QED) is 0.775. The Kier molecular flexibility index (Phi) is 3.45. The minimum atomic E-state index is -0.533. The maximum absolute atomic E-state index is 11.6. The van der Waals surface area contributed by atoms with E-state index in [9.17, 15) is 4.79 Å². The first kappa shape index (κ1) is 12.3. The zero-order valence-corrected chi connectivity index (χ0v) is 10.5. The molecule has 2 heterocycles. The molecule has 6 nitrogen and oxygen atoms in total. The average Bonchev–Trinajstić information content (AvgIpc) is 2.95.